The molecule has 0 aliphatic heterocycles. The number of benzene rings is 1. The van der Waals surface area contributed by atoms with E-state index in [9.17, 15) is 0 Å². The molecule has 0 spiro atoms. The Labute approximate surface area is 94.9 Å². The number of nitrogens with zero attached hydrogens (tertiary/aromatic N) is 3. The fraction of sp³-hybridized carbons (Fsp3) is 0.231. The van der Waals surface area contributed by atoms with E-state index in [1.165, 1.54) is 11.1 Å². The van der Waals surface area contributed by atoms with Crippen LogP contribution in [-0.4, -0.2) is 9.78 Å². The average Bonchev–Trinajstić information content (AvgIpc) is 2.63. The van der Waals surface area contributed by atoms with Gasteiger partial charge in [-0.3, -0.25) is 4.68 Å². The molecule has 0 aliphatic rings. The molecule has 0 N–H and O–H groups in total. The molecule has 0 saturated heterocycles. The fourth-order valence-electron chi connectivity index (χ4n) is 1.67. The van der Waals surface area contributed by atoms with Crippen molar-refractivity contribution in [2.45, 2.75) is 13.8 Å². The van der Waals surface area contributed by atoms with E-state index < -0.39 is 0 Å². The van der Waals surface area contributed by atoms with Gasteiger partial charge in [0.15, 0.2) is 0 Å². The normalized spacial score (nSPS) is 10.1. The smallest absolute Gasteiger partial charge is 0.110 e. The van der Waals surface area contributed by atoms with E-state index in [-0.39, 0.29) is 0 Å². The number of aryl methyl sites for hydroxylation is 3. The van der Waals surface area contributed by atoms with Crippen LogP contribution in [-0.2, 0) is 7.05 Å². The Morgan fingerprint density at radius 2 is 2.00 bits per heavy atom. The largest absolute Gasteiger partial charge is 0.274 e. The maximum atomic E-state index is 9.01. The van der Waals surface area contributed by atoms with Crippen molar-refractivity contribution in [1.82, 2.24) is 9.78 Å². The summed E-state index contributed by atoms with van der Waals surface area (Å²) in [7, 11) is 1.82. The number of hydrogen-bond acceptors (Lipinski definition) is 2. The van der Waals surface area contributed by atoms with Crippen LogP contribution in [0.5, 0.6) is 0 Å². The molecule has 3 nitrogen and oxygen atoms in total. The van der Waals surface area contributed by atoms with Crippen molar-refractivity contribution in [3.8, 4) is 17.3 Å². The molecule has 16 heavy (non-hydrogen) atoms. The number of rotatable bonds is 1. The second-order valence-corrected chi connectivity index (χ2v) is 3.98. The van der Waals surface area contributed by atoms with Crippen molar-refractivity contribution in [2.24, 2.45) is 7.05 Å². The summed E-state index contributed by atoms with van der Waals surface area (Å²) < 4.78 is 1.67. The minimum atomic E-state index is 0.616. The zero-order chi connectivity index (χ0) is 11.7. The summed E-state index contributed by atoms with van der Waals surface area (Å²) >= 11 is 0. The van der Waals surface area contributed by atoms with Gasteiger partial charge in [0.25, 0.3) is 0 Å². The van der Waals surface area contributed by atoms with Gasteiger partial charge >= 0.3 is 0 Å². The van der Waals surface area contributed by atoms with Crippen LogP contribution < -0.4 is 0 Å². The highest BCUT2D eigenvalue weighted by Crippen LogP contribution is 2.23. The van der Waals surface area contributed by atoms with Crippen LogP contribution in [0.3, 0.4) is 0 Å². The van der Waals surface area contributed by atoms with Crippen LogP contribution in [0.2, 0.25) is 0 Å². The fourth-order valence-corrected chi connectivity index (χ4v) is 1.67. The van der Waals surface area contributed by atoms with Gasteiger partial charge in [-0.2, -0.15) is 10.4 Å². The van der Waals surface area contributed by atoms with Crippen molar-refractivity contribution in [3.63, 3.8) is 0 Å². The van der Waals surface area contributed by atoms with Gasteiger partial charge in [0, 0.05) is 18.8 Å². The molecule has 1 heterocycles. The van der Waals surface area contributed by atoms with Crippen molar-refractivity contribution in [1.29, 1.82) is 5.26 Å². The molecule has 0 radical (unpaired) electrons. The Morgan fingerprint density at radius 1 is 1.25 bits per heavy atom. The standard InChI is InChI=1S/C13H13N3/c1-9-4-5-11(6-10(9)2)13-12(7-14)8-16(3)15-13/h4-6,8H,1-3H3. The maximum Gasteiger partial charge on any atom is 0.110 e. The lowest BCUT2D eigenvalue weighted by atomic mass is 10.0. The van der Waals surface area contributed by atoms with Crippen LogP contribution >= 0.6 is 0 Å². The van der Waals surface area contributed by atoms with Crippen molar-refractivity contribution in [3.05, 3.63) is 41.1 Å². The van der Waals surface area contributed by atoms with E-state index in [1.807, 2.05) is 13.1 Å². The molecule has 0 aliphatic carbocycles. The van der Waals surface area contributed by atoms with Gasteiger partial charge in [-0.15, -0.1) is 0 Å². The highest BCUT2D eigenvalue weighted by Gasteiger charge is 2.09. The molecule has 0 fully saturated rings. The van der Waals surface area contributed by atoms with Crippen LogP contribution in [0, 0.1) is 25.2 Å². The summed E-state index contributed by atoms with van der Waals surface area (Å²) in [6.45, 7) is 4.14. The molecule has 1 aromatic heterocycles. The molecular weight excluding hydrogens is 198 g/mol. The first-order chi connectivity index (χ1) is 7.61. The van der Waals surface area contributed by atoms with Crippen LogP contribution in [0.15, 0.2) is 24.4 Å². The van der Waals surface area contributed by atoms with E-state index in [1.54, 1.807) is 10.9 Å². The summed E-state index contributed by atoms with van der Waals surface area (Å²) in [5.41, 5.74) is 4.84. The molecule has 0 bridgehead atoms. The predicted molar refractivity (Wildman–Crippen MR) is 62.8 cm³/mol. The molecular formula is C13H13N3. The molecule has 0 saturated carbocycles. The summed E-state index contributed by atoms with van der Waals surface area (Å²) in [6, 6.07) is 8.30. The third-order valence-corrected chi connectivity index (χ3v) is 2.73. The summed E-state index contributed by atoms with van der Waals surface area (Å²) in [4.78, 5) is 0. The molecule has 2 aromatic rings. The number of nitriles is 1. The molecule has 80 valence electrons. The van der Waals surface area contributed by atoms with E-state index in [0.717, 1.165) is 11.3 Å². The van der Waals surface area contributed by atoms with Crippen molar-refractivity contribution >= 4 is 0 Å². The van der Waals surface area contributed by atoms with Gasteiger partial charge in [0.2, 0.25) is 0 Å². The second kappa shape index (κ2) is 3.82. The van der Waals surface area contributed by atoms with Crippen LogP contribution in [0.4, 0.5) is 0 Å². The number of hydrogen-bond donors (Lipinski definition) is 0. The highest BCUT2D eigenvalue weighted by molar-refractivity contribution is 5.67. The lowest BCUT2D eigenvalue weighted by molar-refractivity contribution is 0.770. The van der Waals surface area contributed by atoms with Gasteiger partial charge in [0.1, 0.15) is 11.8 Å². The third kappa shape index (κ3) is 1.70. The average molecular weight is 211 g/mol. The zero-order valence-corrected chi connectivity index (χ0v) is 9.65. The Kier molecular flexibility index (Phi) is 2.49. The maximum absolute atomic E-state index is 9.01. The first-order valence-corrected chi connectivity index (χ1v) is 5.13. The minimum absolute atomic E-state index is 0.616. The van der Waals surface area contributed by atoms with Crippen LogP contribution in [0.1, 0.15) is 16.7 Å². The third-order valence-electron chi connectivity index (χ3n) is 2.73. The SMILES string of the molecule is Cc1ccc(-c2nn(C)cc2C#N)cc1C. The lowest BCUT2D eigenvalue weighted by Crippen LogP contribution is -1.89. The Bertz CT molecular complexity index is 573. The second-order valence-electron chi connectivity index (χ2n) is 3.98. The zero-order valence-electron chi connectivity index (χ0n) is 9.65. The monoisotopic (exact) mass is 211 g/mol. The minimum Gasteiger partial charge on any atom is -0.274 e. The highest BCUT2D eigenvalue weighted by atomic mass is 15.2. The van der Waals surface area contributed by atoms with Gasteiger partial charge in [-0.1, -0.05) is 12.1 Å². The van der Waals surface area contributed by atoms with Crippen molar-refractivity contribution in [2.75, 3.05) is 0 Å². The van der Waals surface area contributed by atoms with Gasteiger partial charge in [-0.05, 0) is 31.0 Å². The van der Waals surface area contributed by atoms with Crippen molar-refractivity contribution < 1.29 is 0 Å². The summed E-state index contributed by atoms with van der Waals surface area (Å²) in [5, 5.41) is 13.3. The molecule has 0 unspecified atom stereocenters. The van der Waals surface area contributed by atoms with E-state index in [4.69, 9.17) is 5.26 Å². The quantitative estimate of drug-likeness (QED) is 0.727. The molecule has 0 amide bonds. The predicted octanol–water partition coefficient (Wildman–Crippen LogP) is 2.58. The molecule has 3 heteroatoms. The van der Waals surface area contributed by atoms with E-state index in [0.29, 0.717) is 5.56 Å². The Morgan fingerprint density at radius 3 is 2.62 bits per heavy atom. The molecule has 1 aromatic carbocycles. The topological polar surface area (TPSA) is 41.6 Å². The van der Waals surface area contributed by atoms with Gasteiger partial charge in [0.05, 0.1) is 5.56 Å². The van der Waals surface area contributed by atoms with E-state index >= 15 is 0 Å². The summed E-state index contributed by atoms with van der Waals surface area (Å²) in [6.07, 6.45) is 1.74. The number of aromatic nitrogens is 2. The first-order valence-electron chi connectivity index (χ1n) is 5.13. The Balaban J connectivity index is 2.59. The Hall–Kier alpha value is -2.08. The first kappa shape index (κ1) is 10.4. The lowest BCUT2D eigenvalue weighted by Gasteiger charge is -2.02. The van der Waals surface area contributed by atoms with E-state index in [2.05, 4.69) is 37.1 Å². The molecule has 0 atom stereocenters. The van der Waals surface area contributed by atoms with Gasteiger partial charge in [-0.25, -0.2) is 0 Å². The van der Waals surface area contributed by atoms with Gasteiger partial charge < -0.3 is 0 Å². The summed E-state index contributed by atoms with van der Waals surface area (Å²) in [5.74, 6) is 0. The molecule has 2 rings (SSSR count). The van der Waals surface area contributed by atoms with Crippen LogP contribution in [0.25, 0.3) is 11.3 Å².